The number of ether oxygens (including phenoxy) is 2. The van der Waals surface area contributed by atoms with Crippen molar-refractivity contribution in [2.24, 2.45) is 0 Å². The van der Waals surface area contributed by atoms with Crippen molar-refractivity contribution in [2.75, 3.05) is 20.8 Å². The van der Waals surface area contributed by atoms with Crippen molar-refractivity contribution in [3.05, 3.63) is 101 Å². The minimum atomic E-state index is -1.68. The van der Waals surface area contributed by atoms with E-state index in [4.69, 9.17) is 9.47 Å². The van der Waals surface area contributed by atoms with Gasteiger partial charge in [0.2, 0.25) is 5.54 Å². The van der Waals surface area contributed by atoms with E-state index in [1.54, 1.807) is 35.4 Å². The molecule has 0 bridgehead atoms. The first kappa shape index (κ1) is 23.5. The third-order valence-corrected chi connectivity index (χ3v) is 7.49. The number of phenols is 1. The summed E-state index contributed by atoms with van der Waals surface area (Å²) in [7, 11) is 2.49. The van der Waals surface area contributed by atoms with E-state index >= 15 is 0 Å². The first-order chi connectivity index (χ1) is 18.4. The van der Waals surface area contributed by atoms with Crippen LogP contribution in [0, 0.1) is 0 Å². The van der Waals surface area contributed by atoms with Crippen molar-refractivity contribution in [1.29, 1.82) is 0 Å². The number of nitrogens with zero attached hydrogens (tertiary/aromatic N) is 1. The smallest absolute Gasteiger partial charge is 0.343 e. The molecule has 0 radical (unpaired) electrons. The zero-order chi connectivity index (χ0) is 26.6. The molecule has 0 spiro atoms. The Kier molecular flexibility index (Phi) is 5.34. The van der Waals surface area contributed by atoms with Crippen LogP contribution in [0.3, 0.4) is 0 Å². The van der Waals surface area contributed by atoms with E-state index in [0.717, 1.165) is 21.9 Å². The average molecular weight is 509 g/mol. The normalized spacial score (nSPS) is 18.3. The molecule has 2 N–H and O–H groups in total. The number of carbonyl (C=O) groups excluding carboxylic acids is 3. The quantitative estimate of drug-likeness (QED) is 0.315. The summed E-state index contributed by atoms with van der Waals surface area (Å²) in [5.41, 5.74) is 0.713. The third-order valence-electron chi connectivity index (χ3n) is 7.49. The minimum absolute atomic E-state index is 0.0505. The number of benzene rings is 3. The van der Waals surface area contributed by atoms with Gasteiger partial charge >= 0.3 is 11.9 Å². The van der Waals surface area contributed by atoms with E-state index < -0.39 is 23.3 Å². The number of rotatable bonds is 4. The fourth-order valence-electron chi connectivity index (χ4n) is 5.74. The van der Waals surface area contributed by atoms with Crippen LogP contribution in [0.25, 0.3) is 21.7 Å². The molecule has 1 atom stereocenters. The van der Waals surface area contributed by atoms with Gasteiger partial charge in [0.25, 0.3) is 0 Å². The second kappa shape index (κ2) is 8.62. The summed E-state index contributed by atoms with van der Waals surface area (Å²) < 4.78 is 10.4. The van der Waals surface area contributed by atoms with Gasteiger partial charge in [-0.05, 0) is 35.6 Å². The van der Waals surface area contributed by atoms with Gasteiger partial charge in [-0.2, -0.15) is 0 Å². The number of phenolic OH excluding ortho intramolecular Hbond substituents is 1. The molecular weight excluding hydrogens is 484 g/mol. The molecule has 4 aromatic rings. The number of allylic oxidation sites excluding steroid dienone is 2. The molecule has 3 heterocycles. The molecule has 38 heavy (non-hydrogen) atoms. The number of esters is 2. The number of para-hydroxylation sites is 1. The highest BCUT2D eigenvalue weighted by Crippen LogP contribution is 2.48. The number of aromatic hydroxyl groups is 1. The summed E-state index contributed by atoms with van der Waals surface area (Å²) in [6.45, 7) is 0.332. The molecule has 8 heteroatoms. The molecule has 2 aliphatic rings. The van der Waals surface area contributed by atoms with E-state index in [0.29, 0.717) is 24.0 Å². The molecule has 1 aromatic heterocycles. The van der Waals surface area contributed by atoms with E-state index in [2.05, 4.69) is 4.98 Å². The van der Waals surface area contributed by atoms with Crippen molar-refractivity contribution in [3.63, 3.8) is 0 Å². The van der Waals surface area contributed by atoms with Gasteiger partial charge in [-0.1, -0.05) is 48.5 Å². The van der Waals surface area contributed by atoms with Crippen molar-refractivity contribution in [1.82, 2.24) is 9.88 Å². The van der Waals surface area contributed by atoms with E-state index in [1.165, 1.54) is 20.3 Å². The number of carbonyl (C=O) groups is 3. The Morgan fingerprint density at radius 3 is 2.45 bits per heavy atom. The summed E-state index contributed by atoms with van der Waals surface area (Å²) >= 11 is 0. The first-order valence-corrected chi connectivity index (χ1v) is 12.1. The molecule has 190 valence electrons. The summed E-state index contributed by atoms with van der Waals surface area (Å²) in [6, 6.07) is 18.2. The Hall–Kier alpha value is -4.85. The number of nitrogens with one attached hydrogen (secondary N) is 1. The first-order valence-electron chi connectivity index (χ1n) is 12.1. The highest BCUT2D eigenvalue weighted by Gasteiger charge is 2.58. The fraction of sp³-hybridized carbons (Fsp3) is 0.167. The van der Waals surface area contributed by atoms with Gasteiger partial charge in [0.15, 0.2) is 5.78 Å². The van der Waals surface area contributed by atoms with Crippen LogP contribution in [0.2, 0.25) is 0 Å². The lowest BCUT2D eigenvalue weighted by Gasteiger charge is -2.46. The lowest BCUT2D eigenvalue weighted by atomic mass is 9.75. The molecule has 6 rings (SSSR count). The molecule has 0 aliphatic carbocycles. The summed E-state index contributed by atoms with van der Waals surface area (Å²) in [4.78, 5) is 45.7. The zero-order valence-electron chi connectivity index (χ0n) is 20.8. The zero-order valence-corrected chi connectivity index (χ0v) is 20.8. The van der Waals surface area contributed by atoms with Crippen LogP contribution in [0.1, 0.15) is 21.6 Å². The highest BCUT2D eigenvalue weighted by molar-refractivity contribution is 6.16. The molecule has 1 unspecified atom stereocenters. The SMILES string of the molecule is COC(=O)C1=CC(C(=O)c2ccc3ccccc3c2O)=CN2CCc3c([nH]c4ccccc34)C12C(=O)OC. The van der Waals surface area contributed by atoms with Gasteiger partial charge in [0.1, 0.15) is 5.75 Å². The molecule has 8 nitrogen and oxygen atoms in total. The summed E-state index contributed by atoms with van der Waals surface area (Å²) in [6.07, 6.45) is 3.50. The van der Waals surface area contributed by atoms with Crippen molar-refractivity contribution >= 4 is 39.4 Å². The van der Waals surface area contributed by atoms with E-state index in [1.807, 2.05) is 36.4 Å². The number of ketones is 1. The van der Waals surface area contributed by atoms with Gasteiger partial charge < -0.3 is 24.5 Å². The molecule has 0 fully saturated rings. The van der Waals surface area contributed by atoms with Crippen LogP contribution in [0.5, 0.6) is 5.75 Å². The topological polar surface area (TPSA) is 109 Å². The lowest BCUT2D eigenvalue weighted by molar-refractivity contribution is -0.156. The van der Waals surface area contributed by atoms with Gasteiger partial charge in [0, 0.05) is 34.6 Å². The highest BCUT2D eigenvalue weighted by atomic mass is 16.5. The molecular formula is C30H24N2O6. The van der Waals surface area contributed by atoms with Crippen molar-refractivity contribution < 1.29 is 29.0 Å². The molecule has 2 aliphatic heterocycles. The van der Waals surface area contributed by atoms with Crippen molar-refractivity contribution in [2.45, 2.75) is 12.0 Å². The molecule has 0 amide bonds. The van der Waals surface area contributed by atoms with Crippen molar-refractivity contribution in [3.8, 4) is 5.75 Å². The molecule has 0 saturated heterocycles. The second-order valence-electron chi connectivity index (χ2n) is 9.32. The van der Waals surface area contributed by atoms with Crippen LogP contribution >= 0.6 is 0 Å². The van der Waals surface area contributed by atoms with Gasteiger partial charge in [-0.25, -0.2) is 9.59 Å². The third kappa shape index (κ3) is 3.13. The Morgan fingerprint density at radius 1 is 0.947 bits per heavy atom. The number of methoxy groups -OCH3 is 2. The number of Topliss-reactive ketones (excluding diaryl/α,β-unsaturated/α-hetero) is 1. The van der Waals surface area contributed by atoms with Crippen LogP contribution < -0.4 is 0 Å². The van der Waals surface area contributed by atoms with E-state index in [9.17, 15) is 19.5 Å². The maximum atomic E-state index is 13.7. The van der Waals surface area contributed by atoms with Crippen LogP contribution in [-0.2, 0) is 31.0 Å². The Morgan fingerprint density at radius 2 is 1.68 bits per heavy atom. The Balaban J connectivity index is 1.57. The fourth-order valence-corrected chi connectivity index (χ4v) is 5.74. The average Bonchev–Trinajstić information content (AvgIpc) is 3.35. The minimum Gasteiger partial charge on any atom is -0.507 e. The summed E-state index contributed by atoms with van der Waals surface area (Å²) in [5, 5.41) is 13.2. The number of hydrogen-bond donors (Lipinski definition) is 2. The molecule has 3 aromatic carbocycles. The number of aromatic amines is 1. The predicted molar refractivity (Wildman–Crippen MR) is 141 cm³/mol. The van der Waals surface area contributed by atoms with Gasteiger partial charge in [-0.3, -0.25) is 4.79 Å². The number of hydrogen-bond acceptors (Lipinski definition) is 7. The monoisotopic (exact) mass is 508 g/mol. The number of H-pyrrole nitrogens is 1. The molecule has 0 saturated carbocycles. The number of fused-ring (bicyclic) bond motifs is 6. The van der Waals surface area contributed by atoms with Crippen LogP contribution in [0.15, 0.2) is 84.1 Å². The standard InChI is InChI=1S/C30H24N2O6/c1-37-28(35)23-15-18(25(33)22-12-11-17-7-3-4-8-19(17)26(22)34)16-32-14-13-21-20-9-5-6-10-24(20)31-27(21)30(23,32)29(36)38-2/h3-12,15-16,31,34H,13-14H2,1-2H3. The largest absolute Gasteiger partial charge is 0.507 e. The van der Waals surface area contributed by atoms with E-state index in [-0.39, 0.29) is 22.5 Å². The maximum absolute atomic E-state index is 13.7. The Labute approximate surface area is 217 Å². The van der Waals surface area contributed by atoms with Crippen LogP contribution in [0.4, 0.5) is 0 Å². The van der Waals surface area contributed by atoms with Crippen LogP contribution in [-0.4, -0.2) is 53.5 Å². The summed E-state index contributed by atoms with van der Waals surface area (Å²) in [5.74, 6) is -2.09. The number of aromatic nitrogens is 1. The maximum Gasteiger partial charge on any atom is 0.343 e. The lowest BCUT2D eigenvalue weighted by Crippen LogP contribution is -2.58. The predicted octanol–water partition coefficient (Wildman–Crippen LogP) is 4.13. The second-order valence-corrected chi connectivity index (χ2v) is 9.32. The van der Waals surface area contributed by atoms with Gasteiger partial charge in [-0.15, -0.1) is 0 Å². The Bertz CT molecular complexity index is 1730. The van der Waals surface area contributed by atoms with Gasteiger partial charge in [0.05, 0.1) is 31.1 Å².